The van der Waals surface area contributed by atoms with Crippen molar-refractivity contribution in [3.63, 3.8) is 0 Å². The molecule has 1 aromatic carbocycles. The van der Waals surface area contributed by atoms with Gasteiger partial charge in [0, 0.05) is 31.4 Å². The van der Waals surface area contributed by atoms with Gasteiger partial charge in [0.2, 0.25) is 0 Å². The van der Waals surface area contributed by atoms with E-state index in [2.05, 4.69) is 9.71 Å². The van der Waals surface area contributed by atoms with Crippen molar-refractivity contribution in [1.82, 2.24) is 4.98 Å². The molecule has 0 amide bonds. The Morgan fingerprint density at radius 3 is 2.50 bits per heavy atom. The molecule has 0 unspecified atom stereocenters. The van der Waals surface area contributed by atoms with Crippen molar-refractivity contribution in [1.29, 1.82) is 0 Å². The van der Waals surface area contributed by atoms with Crippen LogP contribution >= 0.6 is 11.3 Å². The van der Waals surface area contributed by atoms with Gasteiger partial charge in [-0.3, -0.25) is 9.52 Å². The van der Waals surface area contributed by atoms with Crippen molar-refractivity contribution in [2.45, 2.75) is 4.21 Å². The molecule has 0 aliphatic carbocycles. The largest absolute Gasteiger partial charge is 0.378 e. The Kier molecular flexibility index (Phi) is 4.56. The van der Waals surface area contributed by atoms with Crippen LogP contribution in [0.5, 0.6) is 0 Å². The van der Waals surface area contributed by atoms with Gasteiger partial charge < -0.3 is 14.6 Å². The molecule has 1 aliphatic heterocycles. The molecule has 11 heteroatoms. The molecular formula is C13H13F2N3O4S2. The minimum atomic E-state index is -4.09. The fraction of sp³-hybridized carbons (Fsp3) is 0.308. The average molecular weight is 377 g/mol. The number of sulfonamides is 1. The molecular weight excluding hydrogens is 364 g/mol. The van der Waals surface area contributed by atoms with Crippen molar-refractivity contribution in [2.75, 3.05) is 35.9 Å². The second-order valence-corrected chi connectivity index (χ2v) is 7.91. The maximum Gasteiger partial charge on any atom is 0.305 e. The highest BCUT2D eigenvalue weighted by Crippen LogP contribution is 2.31. The highest BCUT2D eigenvalue weighted by molar-refractivity contribution is 7.94. The molecule has 24 heavy (non-hydrogen) atoms. The molecule has 2 aromatic rings. The number of nitrogens with zero attached hydrogens (tertiary/aromatic N) is 1. The molecule has 1 aliphatic rings. The predicted molar refractivity (Wildman–Crippen MR) is 85.1 cm³/mol. The maximum absolute atomic E-state index is 13.6. The zero-order valence-electron chi connectivity index (χ0n) is 12.2. The number of ether oxygens (including phenoxy) is 1. The van der Waals surface area contributed by atoms with Crippen LogP contribution in [0.2, 0.25) is 0 Å². The van der Waals surface area contributed by atoms with Gasteiger partial charge in [0.1, 0.15) is 0 Å². The standard InChI is InChI=1S/C13H13F2N3O4S2/c14-8-5-10(17-24(20,21)12-7-16-13(19)23-12)11(6-9(8)15)18-1-3-22-4-2-18/h5-7,17H,1-4H2,(H,16,19). The van der Waals surface area contributed by atoms with Gasteiger partial charge in [-0.25, -0.2) is 17.2 Å². The van der Waals surface area contributed by atoms with E-state index in [9.17, 15) is 22.0 Å². The number of nitrogens with one attached hydrogen (secondary N) is 2. The second kappa shape index (κ2) is 6.49. The van der Waals surface area contributed by atoms with Crippen LogP contribution in [-0.4, -0.2) is 39.7 Å². The summed E-state index contributed by atoms with van der Waals surface area (Å²) >= 11 is 0.500. The molecule has 0 radical (unpaired) electrons. The topological polar surface area (TPSA) is 91.5 Å². The number of aromatic amines is 1. The number of thiazole rings is 1. The number of hydrogen-bond donors (Lipinski definition) is 2. The van der Waals surface area contributed by atoms with Crippen LogP contribution in [0.25, 0.3) is 0 Å². The van der Waals surface area contributed by atoms with E-state index in [-0.39, 0.29) is 15.6 Å². The average Bonchev–Trinajstić information content (AvgIpc) is 2.99. The fourth-order valence-electron chi connectivity index (χ4n) is 2.28. The van der Waals surface area contributed by atoms with Gasteiger partial charge in [0.15, 0.2) is 15.8 Å². The van der Waals surface area contributed by atoms with E-state index in [0.717, 1.165) is 18.3 Å². The Labute approximate surface area is 139 Å². The molecule has 1 aromatic heterocycles. The lowest BCUT2D eigenvalue weighted by molar-refractivity contribution is 0.122. The van der Waals surface area contributed by atoms with Crippen molar-refractivity contribution in [3.8, 4) is 0 Å². The molecule has 0 saturated carbocycles. The van der Waals surface area contributed by atoms with Gasteiger partial charge in [0.05, 0.1) is 24.6 Å². The van der Waals surface area contributed by atoms with Crippen LogP contribution in [0.15, 0.2) is 27.3 Å². The summed E-state index contributed by atoms with van der Waals surface area (Å²) in [6.07, 6.45) is 1.05. The normalized spacial score (nSPS) is 15.5. The van der Waals surface area contributed by atoms with E-state index in [1.54, 1.807) is 4.90 Å². The Morgan fingerprint density at radius 1 is 1.21 bits per heavy atom. The first-order chi connectivity index (χ1) is 11.4. The van der Waals surface area contributed by atoms with Gasteiger partial charge >= 0.3 is 4.87 Å². The molecule has 2 heterocycles. The molecule has 1 saturated heterocycles. The highest BCUT2D eigenvalue weighted by Gasteiger charge is 2.23. The van der Waals surface area contributed by atoms with Crippen LogP contribution in [-0.2, 0) is 14.8 Å². The van der Waals surface area contributed by atoms with Crippen molar-refractivity contribution >= 4 is 32.7 Å². The first-order valence-corrected chi connectivity index (χ1v) is 9.20. The van der Waals surface area contributed by atoms with Gasteiger partial charge in [-0.05, 0) is 0 Å². The summed E-state index contributed by atoms with van der Waals surface area (Å²) in [5, 5.41) is 0. The highest BCUT2D eigenvalue weighted by atomic mass is 32.2. The van der Waals surface area contributed by atoms with Crippen LogP contribution in [0.4, 0.5) is 20.2 Å². The monoisotopic (exact) mass is 377 g/mol. The van der Waals surface area contributed by atoms with E-state index < -0.39 is 26.5 Å². The SMILES string of the molecule is O=c1[nH]cc(S(=O)(=O)Nc2cc(F)c(F)cc2N2CCOCC2)s1. The summed E-state index contributed by atoms with van der Waals surface area (Å²) < 4.78 is 59.0. The Bertz CT molecular complexity index is 904. The smallest absolute Gasteiger partial charge is 0.305 e. The van der Waals surface area contributed by atoms with Crippen LogP contribution in [0.1, 0.15) is 0 Å². The lowest BCUT2D eigenvalue weighted by Crippen LogP contribution is -2.37. The molecule has 0 atom stereocenters. The van der Waals surface area contributed by atoms with E-state index in [1.165, 1.54) is 0 Å². The lowest BCUT2D eigenvalue weighted by Gasteiger charge is -2.30. The number of H-pyrrole nitrogens is 1. The number of hydrogen-bond acceptors (Lipinski definition) is 6. The van der Waals surface area contributed by atoms with E-state index in [4.69, 9.17) is 4.74 Å². The molecule has 1 fully saturated rings. The summed E-state index contributed by atoms with van der Waals surface area (Å²) in [4.78, 5) is 14.5. The Balaban J connectivity index is 2.00. The Morgan fingerprint density at radius 2 is 1.88 bits per heavy atom. The first-order valence-electron chi connectivity index (χ1n) is 6.90. The molecule has 7 nitrogen and oxygen atoms in total. The van der Waals surface area contributed by atoms with E-state index >= 15 is 0 Å². The third kappa shape index (κ3) is 3.42. The quantitative estimate of drug-likeness (QED) is 0.839. The second-order valence-electron chi connectivity index (χ2n) is 4.99. The third-order valence-electron chi connectivity index (χ3n) is 3.40. The summed E-state index contributed by atoms with van der Waals surface area (Å²) in [5.41, 5.74) is 0.111. The van der Waals surface area contributed by atoms with Crippen molar-refractivity contribution in [2.24, 2.45) is 0 Å². The summed E-state index contributed by atoms with van der Waals surface area (Å²) in [6.45, 7) is 1.61. The van der Waals surface area contributed by atoms with Gasteiger partial charge in [-0.2, -0.15) is 0 Å². The number of rotatable bonds is 4. The summed E-state index contributed by atoms with van der Waals surface area (Å²) in [6, 6.07) is 1.73. The number of halogens is 2. The molecule has 0 bridgehead atoms. The lowest BCUT2D eigenvalue weighted by atomic mass is 10.2. The van der Waals surface area contributed by atoms with E-state index in [0.29, 0.717) is 37.6 Å². The summed E-state index contributed by atoms with van der Waals surface area (Å²) in [5.74, 6) is -2.25. The van der Waals surface area contributed by atoms with Gasteiger partial charge in [0.25, 0.3) is 10.0 Å². The molecule has 0 spiro atoms. The predicted octanol–water partition coefficient (Wildman–Crippen LogP) is 1.35. The molecule has 130 valence electrons. The van der Waals surface area contributed by atoms with Crippen LogP contribution in [0.3, 0.4) is 0 Å². The van der Waals surface area contributed by atoms with Gasteiger partial charge in [-0.15, -0.1) is 0 Å². The minimum absolute atomic E-state index is 0.100. The van der Waals surface area contributed by atoms with Crippen molar-refractivity contribution < 1.29 is 21.9 Å². The number of benzene rings is 1. The zero-order valence-corrected chi connectivity index (χ0v) is 13.8. The number of morpholine rings is 1. The van der Waals surface area contributed by atoms with Crippen LogP contribution < -0.4 is 14.5 Å². The fourth-order valence-corrected chi connectivity index (χ4v) is 4.26. The van der Waals surface area contributed by atoms with Crippen LogP contribution in [0, 0.1) is 11.6 Å². The molecule has 2 N–H and O–H groups in total. The Hall–Kier alpha value is -1.98. The van der Waals surface area contributed by atoms with E-state index in [1.807, 2.05) is 0 Å². The maximum atomic E-state index is 13.6. The summed E-state index contributed by atoms with van der Waals surface area (Å²) in [7, 11) is -4.09. The minimum Gasteiger partial charge on any atom is -0.378 e. The van der Waals surface area contributed by atoms with Crippen molar-refractivity contribution in [3.05, 3.63) is 39.6 Å². The zero-order chi connectivity index (χ0) is 17.3. The molecule has 3 rings (SSSR count). The number of aromatic nitrogens is 1. The first kappa shape index (κ1) is 16.9. The number of anilines is 2. The van der Waals surface area contributed by atoms with Gasteiger partial charge in [-0.1, -0.05) is 11.3 Å². The third-order valence-corrected chi connectivity index (χ3v) is 6.07.